The van der Waals surface area contributed by atoms with Crippen LogP contribution in [0.4, 0.5) is 0 Å². The van der Waals surface area contributed by atoms with Gasteiger partial charge in [-0.05, 0) is 19.9 Å². The Labute approximate surface area is 180 Å². The fraction of sp³-hybridized carbons (Fsp3) is 0.235. The predicted octanol–water partition coefficient (Wildman–Crippen LogP) is 4.94. The van der Waals surface area contributed by atoms with Crippen LogP contribution in [0.1, 0.15) is 44.9 Å². The summed E-state index contributed by atoms with van der Waals surface area (Å²) in [6, 6.07) is 1.40. The molecule has 2 heterocycles. The van der Waals surface area contributed by atoms with Gasteiger partial charge in [0.2, 0.25) is 0 Å². The highest BCUT2D eigenvalue weighted by Gasteiger charge is 2.17. The number of esters is 2. The van der Waals surface area contributed by atoms with E-state index < -0.39 is 11.9 Å². The molecule has 0 unspecified atom stereocenters. The monoisotopic (exact) mass is 466 g/mol. The molecule has 0 spiro atoms. The van der Waals surface area contributed by atoms with Gasteiger partial charge in [0.05, 0.1) is 39.9 Å². The van der Waals surface area contributed by atoms with Crippen molar-refractivity contribution in [1.29, 1.82) is 0 Å². The summed E-state index contributed by atoms with van der Waals surface area (Å²) in [4.78, 5) is 40.5. The highest BCUT2D eigenvalue weighted by molar-refractivity contribution is 6.39. The largest absolute Gasteiger partial charge is 0.462 e. The quantitative estimate of drug-likeness (QED) is 0.349. The van der Waals surface area contributed by atoms with Crippen molar-refractivity contribution < 1.29 is 23.9 Å². The van der Waals surface area contributed by atoms with Crippen LogP contribution in [0.25, 0.3) is 0 Å². The van der Waals surface area contributed by atoms with Gasteiger partial charge in [-0.2, -0.15) is 0 Å². The first-order chi connectivity index (χ1) is 13.3. The molecule has 11 heteroatoms. The third kappa shape index (κ3) is 6.60. The van der Waals surface area contributed by atoms with Crippen LogP contribution in [0.5, 0.6) is 0 Å². The lowest BCUT2D eigenvalue weighted by atomic mass is 10.2. The number of carbonyl (C=O) groups excluding carboxylic acids is 3. The molecule has 2 rings (SSSR count). The van der Waals surface area contributed by atoms with E-state index in [1.807, 2.05) is 0 Å². The van der Waals surface area contributed by atoms with E-state index in [1.165, 1.54) is 18.5 Å². The molecule has 0 aliphatic heterocycles. The van der Waals surface area contributed by atoms with Gasteiger partial charge in [-0.25, -0.2) is 19.6 Å². The molecular formula is C17H14Cl4N2O5. The second kappa shape index (κ2) is 11.8. The fourth-order valence-corrected chi connectivity index (χ4v) is 2.64. The van der Waals surface area contributed by atoms with Gasteiger partial charge in [-0.1, -0.05) is 46.4 Å². The first-order valence-electron chi connectivity index (χ1n) is 7.71. The van der Waals surface area contributed by atoms with E-state index in [0.29, 0.717) is 12.9 Å². The van der Waals surface area contributed by atoms with Crippen LogP contribution in [-0.2, 0) is 9.47 Å². The second-order valence-corrected chi connectivity index (χ2v) is 6.27. The smallest absolute Gasteiger partial charge is 0.341 e. The van der Waals surface area contributed by atoms with Crippen LogP contribution >= 0.6 is 46.4 Å². The van der Waals surface area contributed by atoms with Crippen molar-refractivity contribution in [2.24, 2.45) is 0 Å². The van der Waals surface area contributed by atoms with Crippen molar-refractivity contribution in [3.8, 4) is 0 Å². The molecule has 0 aliphatic carbocycles. The number of ether oxygens (including phenoxy) is 2. The molecule has 0 saturated heterocycles. The lowest BCUT2D eigenvalue weighted by Crippen LogP contribution is -2.07. The van der Waals surface area contributed by atoms with Gasteiger partial charge in [0.1, 0.15) is 10.3 Å². The number of rotatable bonds is 5. The molecule has 0 bridgehead atoms. The minimum atomic E-state index is -0.630. The highest BCUT2D eigenvalue weighted by Crippen LogP contribution is 2.25. The van der Waals surface area contributed by atoms with Crippen LogP contribution < -0.4 is 0 Å². The zero-order valence-electron chi connectivity index (χ0n) is 14.7. The van der Waals surface area contributed by atoms with Gasteiger partial charge in [0, 0.05) is 12.4 Å². The Morgan fingerprint density at radius 1 is 0.964 bits per heavy atom. The number of aromatic nitrogens is 2. The number of hydrogen-bond donors (Lipinski definition) is 0. The first-order valence-corrected chi connectivity index (χ1v) is 9.22. The van der Waals surface area contributed by atoms with Crippen LogP contribution in [-0.4, -0.2) is 41.4 Å². The maximum atomic E-state index is 11.3. The van der Waals surface area contributed by atoms with Crippen molar-refractivity contribution in [2.45, 2.75) is 13.8 Å². The Bertz CT molecular complexity index is 877. The van der Waals surface area contributed by atoms with Crippen molar-refractivity contribution in [3.05, 3.63) is 55.5 Å². The van der Waals surface area contributed by atoms with Crippen LogP contribution in [0.2, 0.25) is 20.4 Å². The van der Waals surface area contributed by atoms with Crippen molar-refractivity contribution in [1.82, 2.24) is 9.97 Å². The summed E-state index contributed by atoms with van der Waals surface area (Å²) in [6.07, 6.45) is 2.92. The van der Waals surface area contributed by atoms with Crippen LogP contribution in [0, 0.1) is 0 Å². The van der Waals surface area contributed by atoms with Crippen molar-refractivity contribution in [3.63, 3.8) is 0 Å². The zero-order valence-corrected chi connectivity index (χ0v) is 17.7. The molecule has 0 fully saturated rings. The molecule has 2 aromatic rings. The van der Waals surface area contributed by atoms with E-state index in [9.17, 15) is 14.4 Å². The predicted molar refractivity (Wildman–Crippen MR) is 106 cm³/mol. The topological polar surface area (TPSA) is 95.5 Å². The summed E-state index contributed by atoms with van der Waals surface area (Å²) in [5.74, 6) is -1.12. The van der Waals surface area contributed by atoms with Crippen molar-refractivity contribution in [2.75, 3.05) is 13.2 Å². The molecule has 28 heavy (non-hydrogen) atoms. The molecule has 0 radical (unpaired) electrons. The Morgan fingerprint density at radius 3 is 2.00 bits per heavy atom. The summed E-state index contributed by atoms with van der Waals surface area (Å²) < 4.78 is 9.47. The lowest BCUT2D eigenvalue weighted by Gasteiger charge is -2.05. The highest BCUT2D eigenvalue weighted by atomic mass is 35.5. The van der Waals surface area contributed by atoms with Crippen LogP contribution in [0.15, 0.2) is 18.5 Å². The molecule has 2 aromatic heterocycles. The molecular weight excluding hydrogens is 454 g/mol. The van der Waals surface area contributed by atoms with Gasteiger partial charge in [0.25, 0.3) is 0 Å². The van der Waals surface area contributed by atoms with Gasteiger partial charge >= 0.3 is 11.9 Å². The van der Waals surface area contributed by atoms with Gasteiger partial charge in [-0.3, -0.25) is 4.79 Å². The summed E-state index contributed by atoms with van der Waals surface area (Å²) in [5, 5.41) is 0.419. The van der Waals surface area contributed by atoms with Crippen molar-refractivity contribution >= 4 is 64.6 Å². The number of hydrogen-bond acceptors (Lipinski definition) is 7. The van der Waals surface area contributed by atoms with E-state index >= 15 is 0 Å². The van der Waals surface area contributed by atoms with E-state index in [0.717, 1.165) is 0 Å². The Balaban J connectivity index is 0.000000283. The maximum absolute atomic E-state index is 11.3. The minimum absolute atomic E-state index is 0.0103. The molecule has 7 nitrogen and oxygen atoms in total. The molecule has 0 aromatic carbocycles. The number of carbonyl (C=O) groups is 3. The average Bonchev–Trinajstić information content (AvgIpc) is 2.63. The van der Waals surface area contributed by atoms with E-state index in [1.54, 1.807) is 13.8 Å². The summed E-state index contributed by atoms with van der Waals surface area (Å²) in [7, 11) is 0. The standard InChI is InChI=1S/C9H7Cl2NO3.C8H7Cl2NO2/c1-2-15-9(14)5-3-12-8(11)6(4-13)7(5)10;1-2-13-8(12)5-4-11-7(10)3-6(5)9/h3-4H,2H2,1H3;3-4H,2H2,1H3. The molecule has 0 amide bonds. The molecule has 0 saturated carbocycles. The summed E-state index contributed by atoms with van der Waals surface area (Å²) in [6.45, 7) is 3.90. The average molecular weight is 468 g/mol. The Kier molecular flexibility index (Phi) is 10.2. The van der Waals surface area contributed by atoms with Gasteiger partial charge in [0.15, 0.2) is 6.29 Å². The third-order valence-electron chi connectivity index (χ3n) is 2.93. The minimum Gasteiger partial charge on any atom is -0.462 e. The first kappa shape index (κ1) is 24.1. The normalized spacial score (nSPS) is 9.79. The summed E-state index contributed by atoms with van der Waals surface area (Å²) in [5.41, 5.74) is 0.252. The molecule has 0 aliphatic rings. The third-order valence-corrected chi connectivity index (χ3v) is 4.16. The molecule has 0 N–H and O–H groups in total. The van der Waals surface area contributed by atoms with E-state index in [-0.39, 0.29) is 43.6 Å². The second-order valence-electron chi connectivity index (χ2n) is 4.74. The van der Waals surface area contributed by atoms with Crippen LogP contribution in [0.3, 0.4) is 0 Å². The van der Waals surface area contributed by atoms with Gasteiger partial charge < -0.3 is 9.47 Å². The SMILES string of the molecule is CCOC(=O)c1cnc(Cl)c(C=O)c1Cl.CCOC(=O)c1cnc(Cl)cc1Cl. The maximum Gasteiger partial charge on any atom is 0.341 e. The Morgan fingerprint density at radius 2 is 1.50 bits per heavy atom. The zero-order chi connectivity index (χ0) is 21.3. The van der Waals surface area contributed by atoms with E-state index in [2.05, 4.69) is 9.97 Å². The number of aldehydes is 1. The summed E-state index contributed by atoms with van der Waals surface area (Å²) >= 11 is 22.7. The number of pyridine rings is 2. The molecule has 0 atom stereocenters. The number of halogens is 4. The lowest BCUT2D eigenvalue weighted by molar-refractivity contribution is 0.0516. The molecule has 150 valence electrons. The van der Waals surface area contributed by atoms with Gasteiger partial charge in [-0.15, -0.1) is 0 Å². The van der Waals surface area contributed by atoms with E-state index in [4.69, 9.17) is 55.9 Å². The fourth-order valence-electron chi connectivity index (χ4n) is 1.70. The Hall–Kier alpha value is -1.93. The number of nitrogens with zero attached hydrogens (tertiary/aromatic N) is 2.